The molecule has 0 amide bonds. The number of hydrogen-bond acceptors (Lipinski definition) is 4. The van der Waals surface area contributed by atoms with Crippen molar-refractivity contribution in [3.8, 4) is 23.3 Å². The van der Waals surface area contributed by atoms with Crippen LogP contribution in [0.1, 0.15) is 16.7 Å². The summed E-state index contributed by atoms with van der Waals surface area (Å²) in [6.07, 6.45) is 3.58. The molecular formula is C17H15NO3. The molecule has 0 saturated carbocycles. The van der Waals surface area contributed by atoms with Crippen LogP contribution in [0.15, 0.2) is 36.4 Å². The van der Waals surface area contributed by atoms with Crippen molar-refractivity contribution in [3.05, 3.63) is 53.1 Å². The van der Waals surface area contributed by atoms with Crippen LogP contribution in [0, 0.1) is 11.3 Å². The Morgan fingerprint density at radius 2 is 1.81 bits per heavy atom. The first-order valence-corrected chi connectivity index (χ1v) is 6.31. The third-order valence-corrected chi connectivity index (χ3v) is 3.05. The lowest BCUT2D eigenvalue weighted by Crippen LogP contribution is -1.90. The van der Waals surface area contributed by atoms with E-state index in [1.54, 1.807) is 38.5 Å². The van der Waals surface area contributed by atoms with Gasteiger partial charge in [0.25, 0.3) is 0 Å². The lowest BCUT2D eigenvalue weighted by atomic mass is 10.1. The average Bonchev–Trinajstić information content (AvgIpc) is 2.53. The molecule has 21 heavy (non-hydrogen) atoms. The molecule has 0 aliphatic carbocycles. The zero-order chi connectivity index (χ0) is 15.2. The van der Waals surface area contributed by atoms with Crippen molar-refractivity contribution in [1.29, 1.82) is 5.26 Å². The van der Waals surface area contributed by atoms with Crippen LogP contribution < -0.4 is 9.47 Å². The van der Waals surface area contributed by atoms with E-state index in [1.165, 1.54) is 0 Å². The van der Waals surface area contributed by atoms with Gasteiger partial charge in [0.2, 0.25) is 0 Å². The second-order valence-corrected chi connectivity index (χ2v) is 4.30. The topological polar surface area (TPSA) is 62.5 Å². The van der Waals surface area contributed by atoms with Crippen molar-refractivity contribution in [1.82, 2.24) is 0 Å². The number of rotatable bonds is 4. The Hall–Kier alpha value is -2.93. The normalized spacial score (nSPS) is 10.3. The Labute approximate surface area is 123 Å². The molecule has 0 unspecified atom stereocenters. The number of hydrogen-bond donors (Lipinski definition) is 1. The van der Waals surface area contributed by atoms with Crippen LogP contribution in [0.3, 0.4) is 0 Å². The standard InChI is InChI=1S/C17H15NO3/c1-20-15-9-7-12(10-16(15)21-2)6-8-13-4-3-5-14(11-18)17(13)19/h3-10,19H,1-2H3/b8-6+. The molecule has 0 saturated heterocycles. The number of phenolic OH excluding ortho intramolecular Hbond substituents is 1. The molecule has 4 nitrogen and oxygen atoms in total. The molecule has 0 aliphatic heterocycles. The van der Waals surface area contributed by atoms with E-state index in [1.807, 2.05) is 30.3 Å². The molecule has 2 rings (SSSR count). The Kier molecular flexibility index (Phi) is 4.47. The number of benzene rings is 2. The molecule has 0 heterocycles. The molecule has 0 bridgehead atoms. The summed E-state index contributed by atoms with van der Waals surface area (Å²) in [7, 11) is 3.16. The minimum atomic E-state index is -0.0169. The lowest BCUT2D eigenvalue weighted by Gasteiger charge is -2.07. The van der Waals surface area contributed by atoms with Gasteiger partial charge in [-0.25, -0.2) is 0 Å². The highest BCUT2D eigenvalue weighted by Gasteiger charge is 2.05. The van der Waals surface area contributed by atoms with Gasteiger partial charge in [0.1, 0.15) is 11.8 Å². The predicted octanol–water partition coefficient (Wildman–Crippen LogP) is 3.45. The van der Waals surface area contributed by atoms with E-state index >= 15 is 0 Å². The third kappa shape index (κ3) is 3.15. The number of nitriles is 1. The summed E-state index contributed by atoms with van der Waals surface area (Å²) < 4.78 is 10.4. The van der Waals surface area contributed by atoms with Gasteiger partial charge < -0.3 is 14.6 Å². The molecule has 2 aromatic rings. The molecule has 0 fully saturated rings. The van der Waals surface area contributed by atoms with Crippen LogP contribution in [0.5, 0.6) is 17.2 Å². The first-order chi connectivity index (χ1) is 10.2. The van der Waals surface area contributed by atoms with Gasteiger partial charge in [0.05, 0.1) is 19.8 Å². The van der Waals surface area contributed by atoms with Gasteiger partial charge in [0, 0.05) is 5.56 Å². The Balaban J connectivity index is 2.32. The summed E-state index contributed by atoms with van der Waals surface area (Å²) in [4.78, 5) is 0. The maximum atomic E-state index is 9.93. The SMILES string of the molecule is COc1ccc(/C=C/c2cccc(C#N)c2O)cc1OC. The fraction of sp³-hybridized carbons (Fsp3) is 0.118. The molecule has 0 spiro atoms. The van der Waals surface area contributed by atoms with Gasteiger partial charge in [-0.05, 0) is 23.8 Å². The minimum Gasteiger partial charge on any atom is -0.506 e. The number of para-hydroxylation sites is 1. The second kappa shape index (κ2) is 6.49. The van der Waals surface area contributed by atoms with Crippen molar-refractivity contribution < 1.29 is 14.6 Å². The maximum absolute atomic E-state index is 9.93. The second-order valence-electron chi connectivity index (χ2n) is 4.30. The smallest absolute Gasteiger partial charge is 0.161 e. The predicted molar refractivity (Wildman–Crippen MR) is 81.3 cm³/mol. The molecule has 1 N–H and O–H groups in total. The van der Waals surface area contributed by atoms with E-state index in [9.17, 15) is 5.11 Å². The molecule has 106 valence electrons. The first-order valence-electron chi connectivity index (χ1n) is 6.31. The highest BCUT2D eigenvalue weighted by molar-refractivity contribution is 5.74. The monoisotopic (exact) mass is 281 g/mol. The fourth-order valence-electron chi connectivity index (χ4n) is 1.93. The van der Waals surface area contributed by atoms with Gasteiger partial charge in [-0.3, -0.25) is 0 Å². The van der Waals surface area contributed by atoms with Crippen molar-refractivity contribution in [3.63, 3.8) is 0 Å². The number of ether oxygens (including phenoxy) is 2. The first kappa shape index (κ1) is 14.5. The Morgan fingerprint density at radius 1 is 1.05 bits per heavy atom. The zero-order valence-corrected chi connectivity index (χ0v) is 11.8. The Bertz CT molecular complexity index is 714. The number of methoxy groups -OCH3 is 2. The van der Waals surface area contributed by atoms with Gasteiger partial charge >= 0.3 is 0 Å². The van der Waals surface area contributed by atoms with Crippen molar-refractivity contribution in [2.45, 2.75) is 0 Å². The molecule has 0 radical (unpaired) electrons. The highest BCUT2D eigenvalue weighted by atomic mass is 16.5. The van der Waals surface area contributed by atoms with E-state index in [0.717, 1.165) is 5.56 Å². The van der Waals surface area contributed by atoms with Crippen molar-refractivity contribution in [2.75, 3.05) is 14.2 Å². The molecule has 0 atom stereocenters. The minimum absolute atomic E-state index is 0.0169. The van der Waals surface area contributed by atoms with Crippen LogP contribution in [-0.4, -0.2) is 19.3 Å². The van der Waals surface area contributed by atoms with Gasteiger partial charge in [-0.1, -0.05) is 30.4 Å². The van der Waals surface area contributed by atoms with Crippen molar-refractivity contribution >= 4 is 12.2 Å². The van der Waals surface area contributed by atoms with E-state index < -0.39 is 0 Å². The van der Waals surface area contributed by atoms with E-state index in [0.29, 0.717) is 17.1 Å². The zero-order valence-electron chi connectivity index (χ0n) is 11.8. The molecule has 0 aromatic heterocycles. The molecule has 2 aromatic carbocycles. The van der Waals surface area contributed by atoms with Crippen LogP contribution >= 0.6 is 0 Å². The van der Waals surface area contributed by atoms with Crippen LogP contribution in [-0.2, 0) is 0 Å². The molecule has 0 aliphatic rings. The van der Waals surface area contributed by atoms with Crippen LogP contribution in [0.2, 0.25) is 0 Å². The largest absolute Gasteiger partial charge is 0.506 e. The van der Waals surface area contributed by atoms with Gasteiger partial charge in [-0.15, -0.1) is 0 Å². The number of nitrogens with zero attached hydrogens (tertiary/aromatic N) is 1. The summed E-state index contributed by atoms with van der Waals surface area (Å²) in [6.45, 7) is 0. The van der Waals surface area contributed by atoms with Crippen LogP contribution in [0.4, 0.5) is 0 Å². The Morgan fingerprint density at radius 3 is 2.48 bits per heavy atom. The summed E-state index contributed by atoms with van der Waals surface area (Å²) in [5.74, 6) is 1.27. The van der Waals surface area contributed by atoms with Gasteiger partial charge in [0.15, 0.2) is 11.5 Å². The summed E-state index contributed by atoms with van der Waals surface area (Å²) in [6, 6.07) is 12.5. The maximum Gasteiger partial charge on any atom is 0.161 e. The van der Waals surface area contributed by atoms with Crippen molar-refractivity contribution in [2.24, 2.45) is 0 Å². The lowest BCUT2D eigenvalue weighted by molar-refractivity contribution is 0.355. The number of phenols is 1. The summed E-state index contributed by atoms with van der Waals surface area (Å²) in [5.41, 5.74) is 1.74. The summed E-state index contributed by atoms with van der Waals surface area (Å²) >= 11 is 0. The molecular weight excluding hydrogens is 266 g/mol. The summed E-state index contributed by atoms with van der Waals surface area (Å²) in [5, 5.41) is 18.8. The van der Waals surface area contributed by atoms with Gasteiger partial charge in [-0.2, -0.15) is 5.26 Å². The average molecular weight is 281 g/mol. The number of aromatic hydroxyl groups is 1. The fourth-order valence-corrected chi connectivity index (χ4v) is 1.93. The van der Waals surface area contributed by atoms with Crippen LogP contribution in [0.25, 0.3) is 12.2 Å². The van der Waals surface area contributed by atoms with E-state index in [4.69, 9.17) is 14.7 Å². The van der Waals surface area contributed by atoms with E-state index in [-0.39, 0.29) is 11.3 Å². The molecule has 4 heteroatoms. The quantitative estimate of drug-likeness (QED) is 0.872. The third-order valence-electron chi connectivity index (χ3n) is 3.05. The highest BCUT2D eigenvalue weighted by Crippen LogP contribution is 2.29. The van der Waals surface area contributed by atoms with E-state index in [2.05, 4.69) is 0 Å².